The van der Waals surface area contributed by atoms with Crippen LogP contribution in [-0.4, -0.2) is 32.5 Å². The van der Waals surface area contributed by atoms with E-state index in [4.69, 9.17) is 0 Å². The van der Waals surface area contributed by atoms with Gasteiger partial charge in [0.1, 0.15) is 0 Å². The molecule has 1 aliphatic heterocycles. The Kier molecular flexibility index (Phi) is 4.29. The Morgan fingerprint density at radius 2 is 1.96 bits per heavy atom. The zero-order chi connectivity index (χ0) is 17.1. The van der Waals surface area contributed by atoms with Crippen molar-refractivity contribution in [2.75, 3.05) is 6.54 Å². The number of rotatable bonds is 3. The second-order valence-electron chi connectivity index (χ2n) is 6.34. The lowest BCUT2D eigenvalue weighted by Gasteiger charge is -2.36. The first-order chi connectivity index (χ1) is 12.3. The lowest BCUT2D eigenvalue weighted by atomic mass is 9.95. The molecular formula is C20H20N4O. The van der Waals surface area contributed by atoms with Crippen molar-refractivity contribution >= 4 is 5.91 Å². The molecule has 1 saturated heterocycles. The molecular weight excluding hydrogens is 312 g/mol. The van der Waals surface area contributed by atoms with Gasteiger partial charge in [0.25, 0.3) is 5.91 Å². The van der Waals surface area contributed by atoms with Crippen LogP contribution in [0.15, 0.2) is 61.1 Å². The second-order valence-corrected chi connectivity index (χ2v) is 6.34. The van der Waals surface area contributed by atoms with Crippen LogP contribution in [0.4, 0.5) is 0 Å². The molecule has 2 aromatic heterocycles. The molecule has 0 saturated carbocycles. The third kappa shape index (κ3) is 3.18. The van der Waals surface area contributed by atoms with Crippen molar-refractivity contribution in [3.8, 4) is 11.3 Å². The molecule has 3 aromatic rings. The highest BCUT2D eigenvalue weighted by Crippen LogP contribution is 2.32. The Morgan fingerprint density at radius 3 is 2.68 bits per heavy atom. The van der Waals surface area contributed by atoms with Crippen molar-refractivity contribution in [2.45, 2.75) is 25.3 Å². The molecule has 5 heteroatoms. The van der Waals surface area contributed by atoms with Crippen molar-refractivity contribution < 1.29 is 4.79 Å². The van der Waals surface area contributed by atoms with Gasteiger partial charge in [-0.05, 0) is 54.7 Å². The van der Waals surface area contributed by atoms with Crippen LogP contribution >= 0.6 is 0 Å². The fourth-order valence-corrected chi connectivity index (χ4v) is 3.47. The monoisotopic (exact) mass is 332 g/mol. The van der Waals surface area contributed by atoms with Crippen LogP contribution in [-0.2, 0) is 0 Å². The summed E-state index contributed by atoms with van der Waals surface area (Å²) >= 11 is 0. The van der Waals surface area contributed by atoms with Gasteiger partial charge in [0, 0.05) is 30.7 Å². The van der Waals surface area contributed by atoms with E-state index in [2.05, 4.69) is 21.2 Å². The van der Waals surface area contributed by atoms with Gasteiger partial charge in [-0.25, -0.2) is 0 Å². The zero-order valence-electron chi connectivity index (χ0n) is 13.9. The Hall–Kier alpha value is -2.95. The molecule has 1 aliphatic rings. The van der Waals surface area contributed by atoms with Gasteiger partial charge in [0.05, 0.1) is 11.7 Å². The predicted molar refractivity (Wildman–Crippen MR) is 95.9 cm³/mol. The molecule has 126 valence electrons. The Morgan fingerprint density at radius 1 is 1.08 bits per heavy atom. The molecule has 1 aromatic carbocycles. The third-order valence-electron chi connectivity index (χ3n) is 4.78. The molecule has 1 N–H and O–H groups in total. The Balaban J connectivity index is 1.58. The van der Waals surface area contributed by atoms with E-state index < -0.39 is 0 Å². The number of H-pyrrole nitrogens is 1. The number of nitrogens with one attached hydrogen (secondary N) is 1. The second kappa shape index (κ2) is 6.89. The minimum Gasteiger partial charge on any atom is -0.332 e. The highest BCUT2D eigenvalue weighted by molar-refractivity contribution is 5.95. The maximum atomic E-state index is 13.1. The van der Waals surface area contributed by atoms with Crippen LogP contribution in [0.3, 0.4) is 0 Å². The van der Waals surface area contributed by atoms with Gasteiger partial charge in [-0.15, -0.1) is 0 Å². The normalized spacial score (nSPS) is 17.4. The molecule has 25 heavy (non-hydrogen) atoms. The molecule has 1 amide bonds. The number of benzene rings is 1. The van der Waals surface area contributed by atoms with E-state index in [9.17, 15) is 4.79 Å². The van der Waals surface area contributed by atoms with Crippen molar-refractivity contribution in [3.63, 3.8) is 0 Å². The smallest absolute Gasteiger partial charge is 0.254 e. The lowest BCUT2D eigenvalue weighted by molar-refractivity contribution is 0.0611. The number of carbonyl (C=O) groups excluding carboxylic acids is 1. The summed E-state index contributed by atoms with van der Waals surface area (Å²) in [5.41, 5.74) is 3.81. The number of hydrogen-bond donors (Lipinski definition) is 1. The number of hydrogen-bond acceptors (Lipinski definition) is 3. The average Bonchev–Trinajstić information content (AvgIpc) is 3.23. The Labute approximate surface area is 146 Å². The van der Waals surface area contributed by atoms with Crippen molar-refractivity contribution in [1.82, 2.24) is 20.1 Å². The van der Waals surface area contributed by atoms with Gasteiger partial charge in [0.2, 0.25) is 0 Å². The number of nitrogens with zero attached hydrogens (tertiary/aromatic N) is 3. The molecule has 5 nitrogen and oxygen atoms in total. The van der Waals surface area contributed by atoms with Gasteiger partial charge in [-0.3, -0.25) is 14.9 Å². The van der Waals surface area contributed by atoms with Gasteiger partial charge in [-0.2, -0.15) is 5.10 Å². The van der Waals surface area contributed by atoms with E-state index in [1.165, 1.54) is 0 Å². The summed E-state index contributed by atoms with van der Waals surface area (Å²) in [4.78, 5) is 19.3. The summed E-state index contributed by atoms with van der Waals surface area (Å²) in [6, 6.07) is 13.7. The summed E-state index contributed by atoms with van der Waals surface area (Å²) < 4.78 is 0. The largest absolute Gasteiger partial charge is 0.332 e. The molecule has 0 spiro atoms. The van der Waals surface area contributed by atoms with Crippen LogP contribution in [0.25, 0.3) is 11.3 Å². The maximum Gasteiger partial charge on any atom is 0.254 e. The molecule has 4 rings (SSSR count). The standard InChI is InChI=1S/C20H20N4O/c25-20(16-8-6-15(7-9-16)18-10-12-22-23-18)24-13-2-1-5-19(24)17-4-3-11-21-14-17/h3-4,6-12,14,19H,1-2,5,13H2,(H,22,23). The maximum absolute atomic E-state index is 13.1. The van der Waals surface area contributed by atoms with Gasteiger partial charge in [-0.1, -0.05) is 18.2 Å². The number of aromatic nitrogens is 3. The predicted octanol–water partition coefficient (Wildman–Crippen LogP) is 3.84. The van der Waals surface area contributed by atoms with Crippen molar-refractivity contribution in [3.05, 3.63) is 72.2 Å². The molecule has 1 unspecified atom stereocenters. The van der Waals surface area contributed by atoms with E-state index in [0.29, 0.717) is 0 Å². The summed E-state index contributed by atoms with van der Waals surface area (Å²) in [5.74, 6) is 0.0877. The van der Waals surface area contributed by atoms with E-state index in [0.717, 1.165) is 48.2 Å². The van der Waals surface area contributed by atoms with Crippen LogP contribution in [0.2, 0.25) is 0 Å². The van der Waals surface area contributed by atoms with Crippen molar-refractivity contribution in [2.24, 2.45) is 0 Å². The van der Waals surface area contributed by atoms with Crippen LogP contribution in [0.1, 0.15) is 41.2 Å². The highest BCUT2D eigenvalue weighted by Gasteiger charge is 2.28. The van der Waals surface area contributed by atoms with E-state index in [1.54, 1.807) is 12.4 Å². The van der Waals surface area contributed by atoms with Crippen LogP contribution in [0, 0.1) is 0 Å². The molecule has 0 bridgehead atoms. The van der Waals surface area contributed by atoms with Gasteiger partial charge >= 0.3 is 0 Å². The molecule has 0 aliphatic carbocycles. The molecule has 1 atom stereocenters. The number of pyridine rings is 1. The van der Waals surface area contributed by atoms with E-state index in [1.807, 2.05) is 47.5 Å². The number of piperidine rings is 1. The number of likely N-dealkylation sites (tertiary alicyclic amines) is 1. The highest BCUT2D eigenvalue weighted by atomic mass is 16.2. The fourth-order valence-electron chi connectivity index (χ4n) is 3.47. The van der Waals surface area contributed by atoms with Crippen LogP contribution in [0.5, 0.6) is 0 Å². The number of carbonyl (C=O) groups is 1. The number of amides is 1. The topological polar surface area (TPSA) is 61.9 Å². The SMILES string of the molecule is O=C(c1ccc(-c2ccn[nH]2)cc1)N1CCCCC1c1cccnc1. The van der Waals surface area contributed by atoms with Gasteiger partial charge in [0.15, 0.2) is 0 Å². The summed E-state index contributed by atoms with van der Waals surface area (Å²) in [6.45, 7) is 0.792. The minimum atomic E-state index is 0.0877. The first-order valence-electron chi connectivity index (χ1n) is 8.63. The average molecular weight is 332 g/mol. The van der Waals surface area contributed by atoms with E-state index in [-0.39, 0.29) is 11.9 Å². The summed E-state index contributed by atoms with van der Waals surface area (Å²) in [7, 11) is 0. The summed E-state index contributed by atoms with van der Waals surface area (Å²) in [6.07, 6.45) is 8.55. The fraction of sp³-hybridized carbons (Fsp3) is 0.250. The van der Waals surface area contributed by atoms with Crippen LogP contribution < -0.4 is 0 Å². The molecule has 3 heterocycles. The minimum absolute atomic E-state index is 0.0877. The number of aromatic amines is 1. The van der Waals surface area contributed by atoms with Gasteiger partial charge < -0.3 is 4.90 Å². The molecule has 1 fully saturated rings. The lowest BCUT2D eigenvalue weighted by Crippen LogP contribution is -2.38. The Bertz CT molecular complexity index is 828. The zero-order valence-corrected chi connectivity index (χ0v) is 13.9. The first-order valence-corrected chi connectivity index (χ1v) is 8.63. The quantitative estimate of drug-likeness (QED) is 0.792. The van der Waals surface area contributed by atoms with E-state index >= 15 is 0 Å². The van der Waals surface area contributed by atoms with Crippen molar-refractivity contribution in [1.29, 1.82) is 0 Å². The summed E-state index contributed by atoms with van der Waals surface area (Å²) in [5, 5.41) is 6.91. The first kappa shape index (κ1) is 15.6. The molecule has 0 radical (unpaired) electrons. The third-order valence-corrected chi connectivity index (χ3v) is 4.78.